The van der Waals surface area contributed by atoms with E-state index < -0.39 is 0 Å². The van der Waals surface area contributed by atoms with Crippen LogP contribution >= 0.6 is 0 Å². The maximum absolute atomic E-state index is 12.7. The molecule has 3 amide bonds. The summed E-state index contributed by atoms with van der Waals surface area (Å²) in [6.07, 6.45) is 5.15. The first kappa shape index (κ1) is 17.2. The number of piperazine rings is 1. The maximum atomic E-state index is 12.7. The molecule has 2 heterocycles. The molecule has 0 spiro atoms. The van der Waals surface area contributed by atoms with Gasteiger partial charge in [-0.15, -0.1) is 0 Å². The highest BCUT2D eigenvalue weighted by molar-refractivity contribution is 6.22. The normalized spacial score (nSPS) is 21.6. The lowest BCUT2D eigenvalue weighted by atomic mass is 10.1. The van der Waals surface area contributed by atoms with Crippen LogP contribution in [0.2, 0.25) is 0 Å². The Morgan fingerprint density at radius 3 is 2.35 bits per heavy atom. The van der Waals surface area contributed by atoms with Crippen LogP contribution in [0.4, 0.5) is 0 Å². The van der Waals surface area contributed by atoms with E-state index in [-0.39, 0.29) is 24.3 Å². The predicted octanol–water partition coefficient (Wildman–Crippen LogP) is 1.68. The Hall–Kier alpha value is -2.21. The highest BCUT2D eigenvalue weighted by Crippen LogP contribution is 2.25. The fraction of sp³-hybridized carbons (Fsp3) is 0.550. The van der Waals surface area contributed by atoms with Crippen molar-refractivity contribution >= 4 is 17.7 Å². The molecule has 6 heteroatoms. The molecule has 1 saturated heterocycles. The van der Waals surface area contributed by atoms with E-state index in [2.05, 4.69) is 4.90 Å². The predicted molar refractivity (Wildman–Crippen MR) is 97.0 cm³/mol. The van der Waals surface area contributed by atoms with Crippen molar-refractivity contribution in [2.75, 3.05) is 32.7 Å². The number of benzene rings is 1. The second kappa shape index (κ2) is 6.83. The summed E-state index contributed by atoms with van der Waals surface area (Å²) >= 11 is 0. The molecule has 0 bridgehead atoms. The molecule has 2 fully saturated rings. The zero-order chi connectivity index (χ0) is 18.3. The first-order valence-electron chi connectivity index (χ1n) is 9.53. The zero-order valence-electron chi connectivity index (χ0n) is 15.2. The van der Waals surface area contributed by atoms with Crippen molar-refractivity contribution in [3.8, 4) is 0 Å². The van der Waals surface area contributed by atoms with Crippen LogP contribution in [0.15, 0.2) is 18.2 Å². The Kier molecular flexibility index (Phi) is 4.53. The number of nitrogens with zero attached hydrogens (tertiary/aromatic N) is 3. The monoisotopic (exact) mass is 355 g/mol. The van der Waals surface area contributed by atoms with Gasteiger partial charge in [-0.2, -0.15) is 0 Å². The van der Waals surface area contributed by atoms with E-state index in [9.17, 15) is 14.4 Å². The number of rotatable bonds is 3. The third kappa shape index (κ3) is 3.03. The van der Waals surface area contributed by atoms with Crippen LogP contribution < -0.4 is 0 Å². The van der Waals surface area contributed by atoms with Crippen LogP contribution in [0.1, 0.15) is 52.0 Å². The Morgan fingerprint density at radius 2 is 1.65 bits per heavy atom. The summed E-state index contributed by atoms with van der Waals surface area (Å²) < 4.78 is 0. The molecule has 1 saturated carbocycles. The van der Waals surface area contributed by atoms with Gasteiger partial charge in [-0.25, -0.2) is 0 Å². The molecule has 6 nitrogen and oxygen atoms in total. The fourth-order valence-electron chi connectivity index (χ4n) is 4.39. The van der Waals surface area contributed by atoms with E-state index >= 15 is 0 Å². The van der Waals surface area contributed by atoms with Gasteiger partial charge in [0, 0.05) is 32.2 Å². The van der Waals surface area contributed by atoms with Gasteiger partial charge in [0.05, 0.1) is 11.1 Å². The fourth-order valence-corrected chi connectivity index (χ4v) is 4.39. The molecule has 4 rings (SSSR count). The first-order chi connectivity index (χ1) is 12.5. The lowest BCUT2D eigenvalue weighted by Crippen LogP contribution is -2.53. The Labute approximate surface area is 153 Å². The van der Waals surface area contributed by atoms with Crippen LogP contribution in [-0.4, -0.2) is 71.2 Å². The number of imide groups is 1. The molecule has 26 heavy (non-hydrogen) atoms. The van der Waals surface area contributed by atoms with Gasteiger partial charge in [-0.3, -0.25) is 24.2 Å². The highest BCUT2D eigenvalue weighted by Gasteiger charge is 2.38. The zero-order valence-corrected chi connectivity index (χ0v) is 15.2. The minimum Gasteiger partial charge on any atom is -0.339 e. The van der Waals surface area contributed by atoms with Gasteiger partial charge in [0.1, 0.15) is 6.54 Å². The molecule has 0 atom stereocenters. The molecular weight excluding hydrogens is 330 g/mol. The van der Waals surface area contributed by atoms with Crippen molar-refractivity contribution in [3.63, 3.8) is 0 Å². The average Bonchev–Trinajstić information content (AvgIpc) is 3.26. The van der Waals surface area contributed by atoms with Gasteiger partial charge < -0.3 is 4.90 Å². The number of amides is 3. The molecule has 0 unspecified atom stereocenters. The summed E-state index contributed by atoms with van der Waals surface area (Å²) in [5.41, 5.74) is 1.74. The molecule has 2 aliphatic heterocycles. The number of aryl methyl sites for hydroxylation is 1. The molecule has 0 N–H and O–H groups in total. The number of carbonyl (C=O) groups is 3. The largest absolute Gasteiger partial charge is 0.339 e. The minimum atomic E-state index is -0.358. The smallest absolute Gasteiger partial charge is 0.262 e. The van der Waals surface area contributed by atoms with Crippen molar-refractivity contribution in [2.24, 2.45) is 0 Å². The Bertz CT molecular complexity index is 747. The highest BCUT2D eigenvalue weighted by atomic mass is 16.2. The van der Waals surface area contributed by atoms with Crippen molar-refractivity contribution in [3.05, 3.63) is 34.9 Å². The van der Waals surface area contributed by atoms with E-state index in [0.29, 0.717) is 30.3 Å². The molecular formula is C20H25N3O3. The number of carbonyl (C=O) groups excluding carboxylic acids is 3. The average molecular weight is 355 g/mol. The summed E-state index contributed by atoms with van der Waals surface area (Å²) in [6.45, 7) is 4.86. The summed E-state index contributed by atoms with van der Waals surface area (Å²) in [5.74, 6) is -0.850. The molecule has 0 radical (unpaired) electrons. The van der Waals surface area contributed by atoms with E-state index in [1.54, 1.807) is 17.0 Å². The first-order valence-corrected chi connectivity index (χ1v) is 9.53. The number of hydrogen-bond donors (Lipinski definition) is 0. The van der Waals surface area contributed by atoms with Crippen LogP contribution in [0.3, 0.4) is 0 Å². The van der Waals surface area contributed by atoms with E-state index in [0.717, 1.165) is 23.6 Å². The van der Waals surface area contributed by atoms with Gasteiger partial charge in [0.25, 0.3) is 11.8 Å². The van der Waals surface area contributed by atoms with Crippen molar-refractivity contribution in [1.82, 2.24) is 14.7 Å². The number of fused-ring (bicyclic) bond motifs is 1. The van der Waals surface area contributed by atoms with Crippen LogP contribution in [0.5, 0.6) is 0 Å². The van der Waals surface area contributed by atoms with Crippen molar-refractivity contribution < 1.29 is 14.4 Å². The quantitative estimate of drug-likeness (QED) is 0.774. The number of hydrogen-bond acceptors (Lipinski definition) is 4. The van der Waals surface area contributed by atoms with Crippen molar-refractivity contribution in [2.45, 2.75) is 38.6 Å². The van der Waals surface area contributed by atoms with E-state index in [1.165, 1.54) is 25.7 Å². The molecule has 3 aliphatic rings. The molecule has 0 aromatic heterocycles. The van der Waals surface area contributed by atoms with E-state index in [1.807, 2.05) is 13.0 Å². The van der Waals surface area contributed by atoms with Gasteiger partial charge in [0.15, 0.2) is 0 Å². The molecule has 1 aromatic carbocycles. The van der Waals surface area contributed by atoms with Crippen molar-refractivity contribution in [1.29, 1.82) is 0 Å². The lowest BCUT2D eigenvalue weighted by Gasteiger charge is -2.38. The van der Waals surface area contributed by atoms with Crippen LogP contribution in [0.25, 0.3) is 0 Å². The van der Waals surface area contributed by atoms with E-state index in [4.69, 9.17) is 0 Å². The third-order valence-corrected chi connectivity index (χ3v) is 5.93. The minimum absolute atomic E-state index is 0.137. The second-order valence-electron chi connectivity index (χ2n) is 7.60. The Balaban J connectivity index is 1.37. The lowest BCUT2D eigenvalue weighted by molar-refractivity contribution is -0.133. The standard InChI is InChI=1S/C20H25N3O3/c1-14-6-7-16-17(12-14)20(26)23(19(16)25)13-18(24)22-10-8-21(9-11-22)15-4-2-3-5-15/h6-7,12,15H,2-5,8-11,13H2,1H3. The summed E-state index contributed by atoms with van der Waals surface area (Å²) in [5, 5.41) is 0. The molecule has 138 valence electrons. The summed E-state index contributed by atoms with van der Waals surface area (Å²) in [7, 11) is 0. The third-order valence-electron chi connectivity index (χ3n) is 5.93. The van der Waals surface area contributed by atoms with Gasteiger partial charge in [0.2, 0.25) is 5.91 Å². The Morgan fingerprint density at radius 1 is 1.00 bits per heavy atom. The SMILES string of the molecule is Cc1ccc2c(c1)C(=O)N(CC(=O)N1CCN(C3CCCC3)CC1)C2=O. The van der Waals surface area contributed by atoms with Gasteiger partial charge in [-0.05, 0) is 31.9 Å². The second-order valence-corrected chi connectivity index (χ2v) is 7.60. The maximum Gasteiger partial charge on any atom is 0.262 e. The van der Waals surface area contributed by atoms with Gasteiger partial charge >= 0.3 is 0 Å². The van der Waals surface area contributed by atoms with Gasteiger partial charge in [-0.1, -0.05) is 24.5 Å². The molecule has 1 aliphatic carbocycles. The topological polar surface area (TPSA) is 60.9 Å². The van der Waals surface area contributed by atoms with Crippen LogP contribution in [-0.2, 0) is 4.79 Å². The van der Waals surface area contributed by atoms with Crippen LogP contribution in [0, 0.1) is 6.92 Å². The summed E-state index contributed by atoms with van der Waals surface area (Å²) in [6, 6.07) is 5.89. The molecule has 1 aromatic rings. The summed E-state index contributed by atoms with van der Waals surface area (Å²) in [4.78, 5) is 43.0.